The van der Waals surface area contributed by atoms with E-state index in [9.17, 15) is 13.2 Å². The van der Waals surface area contributed by atoms with Gasteiger partial charge in [-0.15, -0.1) is 0 Å². The van der Waals surface area contributed by atoms with Crippen LogP contribution in [0, 0.1) is 0 Å². The van der Waals surface area contributed by atoms with E-state index in [2.05, 4.69) is 0 Å². The zero-order valence-electron chi connectivity index (χ0n) is 8.32. The van der Waals surface area contributed by atoms with Crippen LogP contribution in [-0.4, -0.2) is 0 Å². The van der Waals surface area contributed by atoms with Crippen molar-refractivity contribution >= 4 is 11.6 Å². The summed E-state index contributed by atoms with van der Waals surface area (Å²) in [5.41, 5.74) is 3.70. The lowest BCUT2D eigenvalue weighted by Gasteiger charge is -2.25. The highest BCUT2D eigenvalue weighted by Crippen LogP contribution is 2.39. The average Bonchev–Trinajstić information content (AvgIpc) is 1.99. The summed E-state index contributed by atoms with van der Waals surface area (Å²) in [4.78, 5) is 0. The first-order valence-electron chi connectivity index (χ1n) is 4.29. The van der Waals surface area contributed by atoms with Crippen molar-refractivity contribution in [1.29, 1.82) is 0 Å². The molecule has 0 unspecified atom stereocenters. The Morgan fingerprint density at radius 3 is 2.07 bits per heavy atom. The first-order chi connectivity index (χ1) is 6.64. The van der Waals surface area contributed by atoms with Gasteiger partial charge in [-0.05, 0) is 26.0 Å². The fraction of sp³-hybridized carbons (Fsp3) is 0.400. The van der Waals surface area contributed by atoms with Crippen molar-refractivity contribution < 1.29 is 13.2 Å². The molecule has 1 aromatic rings. The van der Waals surface area contributed by atoms with Crippen LogP contribution in [0.5, 0.6) is 0 Å². The standard InChI is InChI=1S/C10H11ClF3N/c1-9(2,15)8-6(10(12,13)14)4-3-5-7(8)11/h3-5H,15H2,1-2H3. The molecule has 84 valence electrons. The fourth-order valence-electron chi connectivity index (χ4n) is 1.42. The van der Waals surface area contributed by atoms with Crippen molar-refractivity contribution in [2.24, 2.45) is 5.73 Å². The summed E-state index contributed by atoms with van der Waals surface area (Å²) in [6.07, 6.45) is -4.43. The maximum Gasteiger partial charge on any atom is 0.416 e. The second kappa shape index (κ2) is 3.68. The number of nitrogens with two attached hydrogens (primary N) is 1. The van der Waals surface area contributed by atoms with E-state index in [1.807, 2.05) is 0 Å². The topological polar surface area (TPSA) is 26.0 Å². The smallest absolute Gasteiger partial charge is 0.322 e. The first-order valence-corrected chi connectivity index (χ1v) is 4.67. The molecule has 0 fully saturated rings. The van der Waals surface area contributed by atoms with Crippen LogP contribution >= 0.6 is 11.6 Å². The molecule has 0 atom stereocenters. The molecule has 1 rings (SSSR count). The number of benzene rings is 1. The highest BCUT2D eigenvalue weighted by atomic mass is 35.5. The Labute approximate surface area is 91.0 Å². The van der Waals surface area contributed by atoms with Gasteiger partial charge in [-0.25, -0.2) is 0 Å². The summed E-state index contributed by atoms with van der Waals surface area (Å²) in [5.74, 6) is 0. The average molecular weight is 238 g/mol. The molecule has 0 aliphatic heterocycles. The third kappa shape index (κ3) is 2.63. The molecule has 0 aromatic heterocycles. The largest absolute Gasteiger partial charge is 0.416 e. The van der Waals surface area contributed by atoms with Crippen molar-refractivity contribution in [2.75, 3.05) is 0 Å². The zero-order valence-corrected chi connectivity index (χ0v) is 9.08. The van der Waals surface area contributed by atoms with Gasteiger partial charge in [0, 0.05) is 16.1 Å². The minimum Gasteiger partial charge on any atom is -0.322 e. The quantitative estimate of drug-likeness (QED) is 0.794. The molecule has 2 N–H and O–H groups in total. The molecule has 0 radical (unpaired) electrons. The van der Waals surface area contributed by atoms with E-state index in [4.69, 9.17) is 17.3 Å². The van der Waals surface area contributed by atoms with Gasteiger partial charge in [0.05, 0.1) is 5.56 Å². The summed E-state index contributed by atoms with van der Waals surface area (Å²) < 4.78 is 37.9. The van der Waals surface area contributed by atoms with Crippen LogP contribution < -0.4 is 5.73 Å². The maximum atomic E-state index is 12.6. The van der Waals surface area contributed by atoms with Gasteiger partial charge in [0.15, 0.2) is 0 Å². The second-order valence-electron chi connectivity index (χ2n) is 3.88. The van der Waals surface area contributed by atoms with E-state index >= 15 is 0 Å². The lowest BCUT2D eigenvalue weighted by atomic mass is 9.90. The molecule has 1 aromatic carbocycles. The molecule has 0 bridgehead atoms. The molecule has 0 spiro atoms. The normalized spacial score (nSPS) is 13.0. The van der Waals surface area contributed by atoms with Crippen LogP contribution in [0.1, 0.15) is 25.0 Å². The SMILES string of the molecule is CC(C)(N)c1c(Cl)cccc1C(F)(F)F. The summed E-state index contributed by atoms with van der Waals surface area (Å²) in [6, 6.07) is 3.65. The van der Waals surface area contributed by atoms with Crippen LogP contribution in [0.25, 0.3) is 0 Å². The van der Waals surface area contributed by atoms with Gasteiger partial charge in [-0.3, -0.25) is 0 Å². The van der Waals surface area contributed by atoms with E-state index in [-0.39, 0.29) is 10.6 Å². The predicted molar refractivity (Wildman–Crippen MR) is 53.7 cm³/mol. The predicted octanol–water partition coefficient (Wildman–Crippen LogP) is 3.55. The number of rotatable bonds is 1. The van der Waals surface area contributed by atoms with Crippen molar-refractivity contribution in [2.45, 2.75) is 25.6 Å². The van der Waals surface area contributed by atoms with Crippen molar-refractivity contribution in [3.63, 3.8) is 0 Å². The van der Waals surface area contributed by atoms with Crippen LogP contribution in [0.3, 0.4) is 0 Å². The number of hydrogen-bond acceptors (Lipinski definition) is 1. The third-order valence-electron chi connectivity index (χ3n) is 1.96. The Morgan fingerprint density at radius 2 is 1.73 bits per heavy atom. The lowest BCUT2D eigenvalue weighted by molar-refractivity contribution is -0.138. The monoisotopic (exact) mass is 237 g/mol. The van der Waals surface area contributed by atoms with Gasteiger partial charge in [0.25, 0.3) is 0 Å². The summed E-state index contributed by atoms with van der Waals surface area (Å²) in [5, 5.41) is 0.0392. The molecular formula is C10H11ClF3N. The van der Waals surface area contributed by atoms with Crippen LogP contribution in [-0.2, 0) is 11.7 Å². The van der Waals surface area contributed by atoms with Gasteiger partial charge < -0.3 is 5.73 Å². The molecule has 0 aliphatic rings. The molecule has 1 nitrogen and oxygen atoms in total. The van der Waals surface area contributed by atoms with E-state index < -0.39 is 17.3 Å². The van der Waals surface area contributed by atoms with Gasteiger partial charge in [0.2, 0.25) is 0 Å². The van der Waals surface area contributed by atoms with Crippen LogP contribution in [0.4, 0.5) is 13.2 Å². The Bertz CT molecular complexity index is 366. The van der Waals surface area contributed by atoms with E-state index in [1.165, 1.54) is 26.0 Å². The van der Waals surface area contributed by atoms with E-state index in [0.29, 0.717) is 0 Å². The summed E-state index contributed by atoms with van der Waals surface area (Å²) in [7, 11) is 0. The first kappa shape index (κ1) is 12.3. The minimum atomic E-state index is -4.43. The van der Waals surface area contributed by atoms with E-state index in [0.717, 1.165) is 6.07 Å². The van der Waals surface area contributed by atoms with Gasteiger partial charge in [-0.1, -0.05) is 17.7 Å². The third-order valence-corrected chi connectivity index (χ3v) is 2.28. The fourth-order valence-corrected chi connectivity index (χ4v) is 1.83. The minimum absolute atomic E-state index is 0.0392. The zero-order chi connectivity index (χ0) is 11.9. The van der Waals surface area contributed by atoms with Crippen molar-refractivity contribution in [3.8, 4) is 0 Å². The Kier molecular flexibility index (Phi) is 3.03. The Morgan fingerprint density at radius 1 is 1.20 bits per heavy atom. The molecule has 0 heterocycles. The Hall–Kier alpha value is -0.740. The molecule has 0 saturated heterocycles. The lowest BCUT2D eigenvalue weighted by Crippen LogP contribution is -2.32. The van der Waals surface area contributed by atoms with Gasteiger partial charge >= 0.3 is 6.18 Å². The molecule has 15 heavy (non-hydrogen) atoms. The van der Waals surface area contributed by atoms with Crippen molar-refractivity contribution in [1.82, 2.24) is 0 Å². The number of alkyl halides is 3. The number of hydrogen-bond donors (Lipinski definition) is 1. The summed E-state index contributed by atoms with van der Waals surface area (Å²) in [6.45, 7) is 2.98. The highest BCUT2D eigenvalue weighted by molar-refractivity contribution is 6.31. The van der Waals surface area contributed by atoms with E-state index in [1.54, 1.807) is 0 Å². The van der Waals surface area contributed by atoms with Crippen molar-refractivity contribution in [3.05, 3.63) is 34.3 Å². The van der Waals surface area contributed by atoms with Crippen LogP contribution in [0.2, 0.25) is 5.02 Å². The van der Waals surface area contributed by atoms with Gasteiger partial charge in [-0.2, -0.15) is 13.2 Å². The molecule has 0 amide bonds. The van der Waals surface area contributed by atoms with Gasteiger partial charge in [0.1, 0.15) is 0 Å². The maximum absolute atomic E-state index is 12.6. The second-order valence-corrected chi connectivity index (χ2v) is 4.29. The molecular weight excluding hydrogens is 227 g/mol. The molecule has 5 heteroatoms. The highest BCUT2D eigenvalue weighted by Gasteiger charge is 2.37. The Balaban J connectivity index is 3.48. The summed E-state index contributed by atoms with van der Waals surface area (Å²) >= 11 is 5.74. The molecule has 0 aliphatic carbocycles. The van der Waals surface area contributed by atoms with Crippen LogP contribution in [0.15, 0.2) is 18.2 Å². The number of halogens is 4. The molecule has 0 saturated carbocycles.